The maximum Gasteiger partial charge on any atom is 0.308 e. The van der Waals surface area contributed by atoms with E-state index in [2.05, 4.69) is 4.90 Å². The molecule has 2 unspecified atom stereocenters. The van der Waals surface area contributed by atoms with Crippen LogP contribution in [0.5, 0.6) is 5.75 Å². The maximum atomic E-state index is 13.9. The fraction of sp³-hybridized carbons (Fsp3) is 0.562. The quantitative estimate of drug-likeness (QED) is 0.905. The van der Waals surface area contributed by atoms with E-state index in [0.717, 1.165) is 19.4 Å². The molecule has 114 valence electrons. The zero-order chi connectivity index (χ0) is 15.0. The Balaban J connectivity index is 1.72. The van der Waals surface area contributed by atoms with Crippen LogP contribution < -0.4 is 4.74 Å². The lowest BCUT2D eigenvalue weighted by molar-refractivity contribution is -0.142. The Morgan fingerprint density at radius 2 is 2.19 bits per heavy atom. The molecular weight excluding hydrogens is 273 g/mol. The number of methoxy groups -OCH3 is 1. The Morgan fingerprint density at radius 3 is 2.81 bits per heavy atom. The Bertz CT molecular complexity index is 544. The van der Waals surface area contributed by atoms with E-state index >= 15 is 0 Å². The van der Waals surface area contributed by atoms with Gasteiger partial charge in [0.15, 0.2) is 0 Å². The highest BCUT2D eigenvalue weighted by atomic mass is 19.1. The highest BCUT2D eigenvalue weighted by Crippen LogP contribution is 2.44. The van der Waals surface area contributed by atoms with Crippen molar-refractivity contribution in [3.05, 3.63) is 29.6 Å². The molecule has 2 aliphatic rings. The van der Waals surface area contributed by atoms with Crippen molar-refractivity contribution in [1.29, 1.82) is 0 Å². The van der Waals surface area contributed by atoms with E-state index in [1.165, 1.54) is 6.07 Å². The van der Waals surface area contributed by atoms with Crippen LogP contribution in [0.1, 0.15) is 18.4 Å². The molecule has 0 radical (unpaired) electrons. The average molecular weight is 293 g/mol. The highest BCUT2D eigenvalue weighted by Gasteiger charge is 2.45. The van der Waals surface area contributed by atoms with Gasteiger partial charge in [0.2, 0.25) is 0 Å². The summed E-state index contributed by atoms with van der Waals surface area (Å²) >= 11 is 0. The third-order valence-corrected chi connectivity index (χ3v) is 4.63. The summed E-state index contributed by atoms with van der Waals surface area (Å²) in [6, 6.07) is 4.68. The number of benzene rings is 1. The van der Waals surface area contributed by atoms with Gasteiger partial charge in [-0.3, -0.25) is 9.69 Å². The van der Waals surface area contributed by atoms with Gasteiger partial charge >= 0.3 is 5.97 Å². The van der Waals surface area contributed by atoms with Crippen molar-refractivity contribution in [1.82, 2.24) is 4.90 Å². The lowest BCUT2D eigenvalue weighted by Gasteiger charge is -2.16. The topological polar surface area (TPSA) is 49.8 Å². The molecule has 2 fully saturated rings. The second-order valence-electron chi connectivity index (χ2n) is 6.10. The number of likely N-dealkylation sites (tertiary alicyclic amines) is 1. The number of aliphatic carboxylic acids is 1. The summed E-state index contributed by atoms with van der Waals surface area (Å²) in [6.07, 6.45) is 2.27. The molecule has 1 aromatic carbocycles. The molecule has 1 saturated carbocycles. The SMILES string of the molecule is COc1ccc(F)c(CN2CC(C(=O)O)C(C3CC3)C2)c1. The van der Waals surface area contributed by atoms with Crippen LogP contribution in [0.25, 0.3) is 0 Å². The number of carboxylic acid groups (broad SMARTS) is 1. The van der Waals surface area contributed by atoms with Gasteiger partial charge < -0.3 is 9.84 Å². The monoisotopic (exact) mass is 293 g/mol. The molecule has 5 heteroatoms. The third kappa shape index (κ3) is 3.02. The molecule has 1 aliphatic carbocycles. The minimum atomic E-state index is -0.722. The average Bonchev–Trinajstić information content (AvgIpc) is 3.22. The summed E-state index contributed by atoms with van der Waals surface area (Å²) in [7, 11) is 1.55. The van der Waals surface area contributed by atoms with Gasteiger partial charge in [-0.05, 0) is 42.9 Å². The number of halogens is 1. The van der Waals surface area contributed by atoms with Gasteiger partial charge in [-0.25, -0.2) is 4.39 Å². The molecule has 3 rings (SSSR count). The van der Waals surface area contributed by atoms with Crippen LogP contribution in [0.3, 0.4) is 0 Å². The van der Waals surface area contributed by atoms with Crippen LogP contribution in [0.4, 0.5) is 4.39 Å². The molecule has 1 aromatic rings. The van der Waals surface area contributed by atoms with E-state index in [1.54, 1.807) is 19.2 Å². The number of hydrogen-bond donors (Lipinski definition) is 1. The van der Waals surface area contributed by atoms with Gasteiger partial charge in [-0.15, -0.1) is 0 Å². The first-order valence-electron chi connectivity index (χ1n) is 7.36. The van der Waals surface area contributed by atoms with Gasteiger partial charge in [-0.1, -0.05) is 0 Å². The Kier molecular flexibility index (Phi) is 3.85. The number of carbonyl (C=O) groups is 1. The molecule has 1 aliphatic heterocycles. The van der Waals surface area contributed by atoms with E-state index in [4.69, 9.17) is 4.74 Å². The molecule has 1 saturated heterocycles. The van der Waals surface area contributed by atoms with E-state index < -0.39 is 5.97 Å². The minimum absolute atomic E-state index is 0.219. The van der Waals surface area contributed by atoms with Crippen molar-refractivity contribution in [2.24, 2.45) is 17.8 Å². The highest BCUT2D eigenvalue weighted by molar-refractivity contribution is 5.71. The third-order valence-electron chi connectivity index (χ3n) is 4.63. The Hall–Kier alpha value is -1.62. The van der Waals surface area contributed by atoms with Crippen LogP contribution >= 0.6 is 0 Å². The number of hydrogen-bond acceptors (Lipinski definition) is 3. The number of rotatable bonds is 5. The van der Waals surface area contributed by atoms with Crippen LogP contribution in [-0.2, 0) is 11.3 Å². The Morgan fingerprint density at radius 1 is 1.43 bits per heavy atom. The first-order valence-corrected chi connectivity index (χ1v) is 7.36. The number of carboxylic acids is 1. The van der Waals surface area contributed by atoms with Gasteiger partial charge in [-0.2, -0.15) is 0 Å². The molecular formula is C16H20FNO3. The fourth-order valence-corrected chi connectivity index (χ4v) is 3.35. The van der Waals surface area contributed by atoms with Crippen molar-refractivity contribution in [3.8, 4) is 5.75 Å². The van der Waals surface area contributed by atoms with E-state index in [1.807, 2.05) is 0 Å². The van der Waals surface area contributed by atoms with Gasteiger partial charge in [0.1, 0.15) is 11.6 Å². The Labute approximate surface area is 123 Å². The zero-order valence-corrected chi connectivity index (χ0v) is 12.1. The second kappa shape index (κ2) is 5.64. The minimum Gasteiger partial charge on any atom is -0.497 e. The van der Waals surface area contributed by atoms with Crippen LogP contribution in [0.15, 0.2) is 18.2 Å². The molecule has 0 amide bonds. The standard InChI is InChI=1S/C16H20FNO3/c1-21-12-4-5-15(17)11(6-12)7-18-8-13(10-2-3-10)14(9-18)16(19)20/h4-6,10,13-14H,2-3,7-9H2,1H3,(H,19,20). The van der Waals surface area contributed by atoms with Crippen LogP contribution in [-0.4, -0.2) is 36.2 Å². The summed E-state index contributed by atoms with van der Waals surface area (Å²) in [5, 5.41) is 9.36. The molecule has 1 heterocycles. The maximum absolute atomic E-state index is 13.9. The van der Waals surface area contributed by atoms with Gasteiger partial charge in [0.05, 0.1) is 13.0 Å². The van der Waals surface area contributed by atoms with Crippen LogP contribution in [0.2, 0.25) is 0 Å². The van der Waals surface area contributed by atoms with Crippen molar-refractivity contribution in [2.75, 3.05) is 20.2 Å². The summed E-state index contributed by atoms with van der Waals surface area (Å²) in [5.74, 6) is 0.0887. The van der Waals surface area contributed by atoms with Crippen molar-refractivity contribution < 1.29 is 19.0 Å². The first kappa shape index (κ1) is 14.3. The predicted molar refractivity (Wildman–Crippen MR) is 75.6 cm³/mol. The van der Waals surface area contributed by atoms with E-state index in [0.29, 0.717) is 30.3 Å². The molecule has 0 bridgehead atoms. The molecule has 0 aromatic heterocycles. The summed E-state index contributed by atoms with van der Waals surface area (Å²) in [5.41, 5.74) is 0.565. The first-order chi connectivity index (χ1) is 10.1. The zero-order valence-electron chi connectivity index (χ0n) is 12.1. The lowest BCUT2D eigenvalue weighted by atomic mass is 9.92. The number of ether oxygens (including phenoxy) is 1. The normalized spacial score (nSPS) is 26.0. The molecule has 2 atom stereocenters. The summed E-state index contributed by atoms with van der Waals surface area (Å²) in [6.45, 7) is 1.70. The van der Waals surface area contributed by atoms with Crippen molar-refractivity contribution >= 4 is 5.97 Å². The summed E-state index contributed by atoms with van der Waals surface area (Å²) < 4.78 is 19.0. The smallest absolute Gasteiger partial charge is 0.308 e. The van der Waals surface area contributed by atoms with Crippen LogP contribution in [0, 0.1) is 23.6 Å². The van der Waals surface area contributed by atoms with Gasteiger partial charge in [0, 0.05) is 25.2 Å². The number of nitrogens with zero attached hydrogens (tertiary/aromatic N) is 1. The second-order valence-corrected chi connectivity index (χ2v) is 6.10. The van der Waals surface area contributed by atoms with Gasteiger partial charge in [0.25, 0.3) is 0 Å². The largest absolute Gasteiger partial charge is 0.497 e. The van der Waals surface area contributed by atoms with Crippen molar-refractivity contribution in [2.45, 2.75) is 19.4 Å². The molecule has 0 spiro atoms. The predicted octanol–water partition coefficient (Wildman–Crippen LogP) is 2.38. The van der Waals surface area contributed by atoms with Crippen molar-refractivity contribution in [3.63, 3.8) is 0 Å². The van der Waals surface area contributed by atoms with E-state index in [-0.39, 0.29) is 17.7 Å². The fourth-order valence-electron chi connectivity index (χ4n) is 3.35. The molecule has 21 heavy (non-hydrogen) atoms. The van der Waals surface area contributed by atoms with E-state index in [9.17, 15) is 14.3 Å². The molecule has 1 N–H and O–H groups in total. The summed E-state index contributed by atoms with van der Waals surface area (Å²) in [4.78, 5) is 13.4. The lowest BCUT2D eigenvalue weighted by Crippen LogP contribution is -2.24. The molecule has 4 nitrogen and oxygen atoms in total.